The number of carbonyl (C=O) groups is 1. The second kappa shape index (κ2) is 10.1. The number of halogens is 2. The second-order valence-corrected chi connectivity index (χ2v) is 8.75. The lowest BCUT2D eigenvalue weighted by molar-refractivity contribution is -0.125. The number of aromatic nitrogens is 1. The van der Waals surface area contributed by atoms with Gasteiger partial charge in [0.25, 0.3) is 0 Å². The number of hydrogen-bond acceptors (Lipinski definition) is 5. The lowest BCUT2D eigenvalue weighted by Gasteiger charge is -2.24. The molecule has 1 aromatic carbocycles. The van der Waals surface area contributed by atoms with Gasteiger partial charge in [0.2, 0.25) is 5.91 Å². The highest BCUT2D eigenvalue weighted by molar-refractivity contribution is 7.99. The van der Waals surface area contributed by atoms with Crippen LogP contribution >= 0.6 is 11.8 Å². The van der Waals surface area contributed by atoms with Crippen LogP contribution in [0.3, 0.4) is 0 Å². The number of likely N-dealkylation sites (N-methyl/N-ethyl adjacent to an activating group) is 1. The zero-order valence-corrected chi connectivity index (χ0v) is 17.5. The summed E-state index contributed by atoms with van der Waals surface area (Å²) in [6, 6.07) is 9.35. The predicted octanol–water partition coefficient (Wildman–Crippen LogP) is 2.77. The first-order valence-electron chi connectivity index (χ1n) is 9.60. The number of benzene rings is 1. The highest BCUT2D eigenvalue weighted by Crippen LogP contribution is 2.33. The predicted molar refractivity (Wildman–Crippen MR) is 111 cm³/mol. The van der Waals surface area contributed by atoms with E-state index in [0.717, 1.165) is 17.6 Å². The smallest absolute Gasteiger partial charge is 0.237 e. The monoisotopic (exact) mass is 420 g/mol. The molecule has 5 nitrogen and oxygen atoms in total. The molecule has 2 atom stereocenters. The third kappa shape index (κ3) is 6.22. The largest absolute Gasteiger partial charge is 0.353 e. The normalized spacial score (nSPS) is 19.6. The van der Waals surface area contributed by atoms with Gasteiger partial charge in [-0.05, 0) is 50.3 Å². The lowest BCUT2D eigenvalue weighted by atomic mass is 10.1. The van der Waals surface area contributed by atoms with Gasteiger partial charge in [-0.2, -0.15) is 0 Å². The van der Waals surface area contributed by atoms with Crippen molar-refractivity contribution in [3.8, 4) is 0 Å². The Balaban J connectivity index is 1.70. The molecule has 2 aromatic rings. The van der Waals surface area contributed by atoms with E-state index in [1.54, 1.807) is 24.0 Å². The molecule has 1 saturated heterocycles. The number of nitrogens with zero attached hydrogens (tertiary/aromatic N) is 3. The van der Waals surface area contributed by atoms with E-state index in [1.165, 1.54) is 6.07 Å². The van der Waals surface area contributed by atoms with E-state index in [4.69, 9.17) is 0 Å². The number of nitrogens with one attached hydrogen (secondary N) is 1. The summed E-state index contributed by atoms with van der Waals surface area (Å²) < 4.78 is 26.9. The fourth-order valence-corrected chi connectivity index (χ4v) is 4.54. The molecule has 2 heterocycles. The van der Waals surface area contributed by atoms with Gasteiger partial charge in [0, 0.05) is 37.6 Å². The van der Waals surface area contributed by atoms with E-state index < -0.39 is 11.6 Å². The van der Waals surface area contributed by atoms with Crippen molar-refractivity contribution in [2.24, 2.45) is 0 Å². The molecule has 3 rings (SSSR count). The average Bonchev–Trinajstić information content (AvgIpc) is 3.07. The lowest BCUT2D eigenvalue weighted by Crippen LogP contribution is -2.44. The van der Waals surface area contributed by atoms with Crippen molar-refractivity contribution in [2.45, 2.75) is 29.3 Å². The topological polar surface area (TPSA) is 48.5 Å². The Labute approximate surface area is 174 Å². The van der Waals surface area contributed by atoms with Crippen molar-refractivity contribution in [3.05, 3.63) is 59.8 Å². The molecular weight excluding hydrogens is 394 g/mol. The minimum atomic E-state index is -0.868. The first-order valence-corrected chi connectivity index (χ1v) is 10.5. The standard InChI is InChI=1S/C21H26F2N4OS/c1-26(2)10-9-25-21(28)19-12-16(29-20-5-3-4-8-24-20)14-27(19)13-15-6-7-17(22)18(23)11-15/h3-8,11,16,19H,9-10,12-14H2,1-2H3,(H,25,28)/t16-,19+/m1/s1. The summed E-state index contributed by atoms with van der Waals surface area (Å²) in [6.07, 6.45) is 2.43. The number of carbonyl (C=O) groups excluding carboxylic acids is 1. The van der Waals surface area contributed by atoms with Gasteiger partial charge in [0.1, 0.15) is 0 Å². The van der Waals surface area contributed by atoms with Gasteiger partial charge >= 0.3 is 0 Å². The Bertz CT molecular complexity index is 822. The van der Waals surface area contributed by atoms with Gasteiger partial charge in [-0.25, -0.2) is 13.8 Å². The average molecular weight is 421 g/mol. The highest BCUT2D eigenvalue weighted by atomic mass is 32.2. The molecule has 1 aromatic heterocycles. The quantitative estimate of drug-likeness (QED) is 0.712. The maximum atomic E-state index is 13.6. The molecule has 0 unspecified atom stereocenters. The zero-order valence-electron chi connectivity index (χ0n) is 16.6. The summed E-state index contributed by atoms with van der Waals surface area (Å²) in [4.78, 5) is 21.2. The number of likely N-dealkylation sites (tertiary alicyclic amines) is 1. The molecule has 1 N–H and O–H groups in total. The van der Waals surface area contributed by atoms with Crippen LogP contribution in [0.2, 0.25) is 0 Å². The van der Waals surface area contributed by atoms with Gasteiger partial charge in [0.05, 0.1) is 11.1 Å². The minimum Gasteiger partial charge on any atom is -0.353 e. The fourth-order valence-electron chi connectivity index (χ4n) is 3.37. The Morgan fingerprint density at radius 2 is 2.10 bits per heavy atom. The van der Waals surface area contributed by atoms with Crippen molar-refractivity contribution < 1.29 is 13.6 Å². The molecule has 1 aliphatic heterocycles. The van der Waals surface area contributed by atoms with Crippen LogP contribution in [-0.2, 0) is 11.3 Å². The van der Waals surface area contributed by atoms with Crippen molar-refractivity contribution in [1.82, 2.24) is 20.1 Å². The maximum Gasteiger partial charge on any atom is 0.237 e. The first-order chi connectivity index (χ1) is 13.9. The fraction of sp³-hybridized carbons (Fsp3) is 0.429. The van der Waals surface area contributed by atoms with Crippen LogP contribution in [0, 0.1) is 11.6 Å². The summed E-state index contributed by atoms with van der Waals surface area (Å²) in [5, 5.41) is 4.11. The number of thioether (sulfide) groups is 1. The van der Waals surface area contributed by atoms with Crippen LogP contribution in [0.1, 0.15) is 12.0 Å². The maximum absolute atomic E-state index is 13.6. The van der Waals surface area contributed by atoms with Crippen molar-refractivity contribution in [2.75, 3.05) is 33.7 Å². The number of rotatable bonds is 8. The first kappa shape index (κ1) is 21.7. The van der Waals surface area contributed by atoms with Crippen LogP contribution in [0.25, 0.3) is 0 Å². The zero-order chi connectivity index (χ0) is 20.8. The van der Waals surface area contributed by atoms with Gasteiger partial charge < -0.3 is 10.2 Å². The molecule has 0 saturated carbocycles. The molecular formula is C21H26F2N4OS. The Morgan fingerprint density at radius 1 is 1.28 bits per heavy atom. The third-order valence-electron chi connectivity index (χ3n) is 4.82. The SMILES string of the molecule is CN(C)CCNC(=O)[C@@H]1C[C@@H](Sc2ccccn2)CN1Cc1ccc(F)c(F)c1. The molecule has 8 heteroatoms. The molecule has 0 aliphatic carbocycles. The van der Waals surface area contributed by atoms with Gasteiger partial charge in [0.15, 0.2) is 11.6 Å². The Hall–Kier alpha value is -2.03. The van der Waals surface area contributed by atoms with Crippen LogP contribution < -0.4 is 5.32 Å². The van der Waals surface area contributed by atoms with Crippen LogP contribution in [0.5, 0.6) is 0 Å². The van der Waals surface area contributed by atoms with E-state index in [1.807, 2.05) is 42.1 Å². The van der Waals surface area contributed by atoms with Crippen LogP contribution in [0.4, 0.5) is 8.78 Å². The number of hydrogen-bond donors (Lipinski definition) is 1. The summed E-state index contributed by atoms with van der Waals surface area (Å²) in [5.74, 6) is -1.76. The van der Waals surface area contributed by atoms with E-state index in [-0.39, 0.29) is 17.2 Å². The van der Waals surface area contributed by atoms with E-state index in [9.17, 15) is 13.6 Å². The minimum absolute atomic E-state index is 0.0291. The Kier molecular flexibility index (Phi) is 7.57. The summed E-state index contributed by atoms with van der Waals surface area (Å²) in [7, 11) is 3.91. The molecule has 1 fully saturated rings. The molecule has 0 radical (unpaired) electrons. The van der Waals surface area contributed by atoms with E-state index in [0.29, 0.717) is 31.6 Å². The molecule has 29 heavy (non-hydrogen) atoms. The molecule has 1 aliphatic rings. The van der Waals surface area contributed by atoms with Gasteiger partial charge in [-0.1, -0.05) is 12.1 Å². The molecule has 156 valence electrons. The molecule has 1 amide bonds. The second-order valence-electron chi connectivity index (χ2n) is 7.43. The van der Waals surface area contributed by atoms with E-state index >= 15 is 0 Å². The molecule has 0 bridgehead atoms. The summed E-state index contributed by atoms with van der Waals surface area (Å²) in [6.45, 7) is 2.39. The summed E-state index contributed by atoms with van der Waals surface area (Å²) in [5.41, 5.74) is 0.651. The van der Waals surface area contributed by atoms with Crippen molar-refractivity contribution in [3.63, 3.8) is 0 Å². The van der Waals surface area contributed by atoms with Crippen molar-refractivity contribution >= 4 is 17.7 Å². The van der Waals surface area contributed by atoms with Crippen LogP contribution in [-0.4, -0.2) is 65.7 Å². The third-order valence-corrected chi connectivity index (χ3v) is 5.98. The van der Waals surface area contributed by atoms with Gasteiger partial charge in [-0.3, -0.25) is 9.69 Å². The van der Waals surface area contributed by atoms with Gasteiger partial charge in [-0.15, -0.1) is 11.8 Å². The number of amides is 1. The van der Waals surface area contributed by atoms with E-state index in [2.05, 4.69) is 10.3 Å². The summed E-state index contributed by atoms with van der Waals surface area (Å²) >= 11 is 1.65. The van der Waals surface area contributed by atoms with Crippen LogP contribution in [0.15, 0.2) is 47.6 Å². The number of pyridine rings is 1. The van der Waals surface area contributed by atoms with Crippen molar-refractivity contribution in [1.29, 1.82) is 0 Å². The highest BCUT2D eigenvalue weighted by Gasteiger charge is 2.37. The molecule has 0 spiro atoms. The Morgan fingerprint density at radius 3 is 2.79 bits per heavy atom.